The molecule has 4 heterocycles. The number of fused-ring (bicyclic) bond motifs is 2. The number of aryl methyl sites for hydroxylation is 1. The molecule has 0 unspecified atom stereocenters. The molecule has 1 aliphatic rings. The maximum Gasteiger partial charge on any atom is 0.236 e. The van der Waals surface area contributed by atoms with E-state index in [1.807, 2.05) is 24.8 Å². The second kappa shape index (κ2) is 8.87. The second-order valence-corrected chi connectivity index (χ2v) is 10.2. The molecule has 3 aromatic heterocycles. The Morgan fingerprint density at radius 2 is 1.97 bits per heavy atom. The van der Waals surface area contributed by atoms with Crippen molar-refractivity contribution >= 4 is 22.3 Å². The van der Waals surface area contributed by atoms with Gasteiger partial charge in [-0.3, -0.25) is 9.69 Å². The van der Waals surface area contributed by atoms with Crippen molar-refractivity contribution in [3.63, 3.8) is 0 Å². The summed E-state index contributed by atoms with van der Waals surface area (Å²) in [5.74, 6) is 1.09. The van der Waals surface area contributed by atoms with Crippen molar-refractivity contribution in [1.82, 2.24) is 29.6 Å². The van der Waals surface area contributed by atoms with Crippen LogP contribution >= 0.6 is 0 Å². The molecule has 1 aliphatic heterocycles. The van der Waals surface area contributed by atoms with Crippen LogP contribution in [0, 0.1) is 6.92 Å². The first-order chi connectivity index (χ1) is 16.3. The van der Waals surface area contributed by atoms with Gasteiger partial charge in [0.15, 0.2) is 0 Å². The fourth-order valence-electron chi connectivity index (χ4n) is 5.30. The number of piperidine rings is 1. The number of carbonyl (C=O) groups excluding carboxylic acids is 1. The van der Waals surface area contributed by atoms with E-state index in [0.29, 0.717) is 18.4 Å². The predicted octanol–water partition coefficient (Wildman–Crippen LogP) is 4.58. The molecule has 5 rings (SSSR count). The summed E-state index contributed by atoms with van der Waals surface area (Å²) in [6, 6.07) is 9.14. The van der Waals surface area contributed by atoms with Crippen molar-refractivity contribution in [2.75, 3.05) is 33.7 Å². The second-order valence-electron chi connectivity index (χ2n) is 10.2. The number of nitrogens with zero attached hydrogens (tertiary/aromatic N) is 5. The van der Waals surface area contributed by atoms with E-state index in [-0.39, 0.29) is 5.91 Å². The molecule has 4 aromatic rings. The lowest BCUT2D eigenvalue weighted by atomic mass is 9.87. The lowest BCUT2D eigenvalue weighted by Crippen LogP contribution is -2.40. The van der Waals surface area contributed by atoms with Gasteiger partial charge in [-0.25, -0.2) is 4.52 Å². The summed E-state index contributed by atoms with van der Waals surface area (Å²) >= 11 is 0. The van der Waals surface area contributed by atoms with Gasteiger partial charge in [0.05, 0.1) is 24.0 Å². The average Bonchev–Trinajstić information content (AvgIpc) is 3.44. The Bertz CT molecular complexity index is 1340. The van der Waals surface area contributed by atoms with Gasteiger partial charge >= 0.3 is 0 Å². The fourth-order valence-corrected chi connectivity index (χ4v) is 5.30. The SMILES string of the molecule is Cc1cc(-c2[nH]c3ccc(C4CCN(CC(=O)N(C)C)CC4)cc3c2C(C)C)cn2nncc12. The van der Waals surface area contributed by atoms with Crippen LogP contribution in [0.1, 0.15) is 55.2 Å². The molecule has 1 N–H and O–H groups in total. The summed E-state index contributed by atoms with van der Waals surface area (Å²) < 4.78 is 1.86. The van der Waals surface area contributed by atoms with E-state index in [9.17, 15) is 4.79 Å². The third kappa shape index (κ3) is 4.09. The number of aromatic nitrogens is 4. The molecule has 0 aliphatic carbocycles. The average molecular weight is 459 g/mol. The number of carbonyl (C=O) groups is 1. The summed E-state index contributed by atoms with van der Waals surface area (Å²) in [6.07, 6.45) is 6.05. The number of benzene rings is 1. The van der Waals surface area contributed by atoms with Gasteiger partial charge in [-0.15, -0.1) is 5.10 Å². The maximum atomic E-state index is 12.1. The van der Waals surface area contributed by atoms with Gasteiger partial charge < -0.3 is 9.88 Å². The van der Waals surface area contributed by atoms with Gasteiger partial charge in [0.2, 0.25) is 5.91 Å². The van der Waals surface area contributed by atoms with E-state index in [1.54, 1.807) is 4.90 Å². The number of likely N-dealkylation sites (tertiary alicyclic amines) is 1. The Morgan fingerprint density at radius 1 is 1.21 bits per heavy atom. The highest BCUT2D eigenvalue weighted by atomic mass is 16.2. The van der Waals surface area contributed by atoms with Crippen LogP contribution < -0.4 is 0 Å². The summed E-state index contributed by atoms with van der Waals surface area (Å²) in [6.45, 7) is 9.09. The van der Waals surface area contributed by atoms with Crippen LogP contribution in [0.5, 0.6) is 0 Å². The number of likely N-dealkylation sites (N-methyl/N-ethyl adjacent to an activating group) is 1. The number of H-pyrrole nitrogens is 1. The third-order valence-corrected chi connectivity index (χ3v) is 7.26. The molecule has 178 valence electrons. The number of nitrogens with one attached hydrogen (secondary N) is 1. The highest BCUT2D eigenvalue weighted by Gasteiger charge is 2.24. The molecule has 1 aromatic carbocycles. The normalized spacial score (nSPS) is 15.6. The van der Waals surface area contributed by atoms with Crippen LogP contribution in [0.15, 0.2) is 36.7 Å². The monoisotopic (exact) mass is 458 g/mol. The number of hydrogen-bond donors (Lipinski definition) is 1. The van der Waals surface area contributed by atoms with Crippen molar-refractivity contribution in [2.24, 2.45) is 0 Å². The van der Waals surface area contributed by atoms with E-state index in [0.717, 1.165) is 42.6 Å². The Morgan fingerprint density at radius 3 is 2.68 bits per heavy atom. The predicted molar refractivity (Wildman–Crippen MR) is 136 cm³/mol. The van der Waals surface area contributed by atoms with Crippen molar-refractivity contribution < 1.29 is 4.79 Å². The summed E-state index contributed by atoms with van der Waals surface area (Å²) in [5, 5.41) is 9.61. The first-order valence-electron chi connectivity index (χ1n) is 12.2. The van der Waals surface area contributed by atoms with Crippen LogP contribution in [-0.4, -0.2) is 69.2 Å². The van der Waals surface area contributed by atoms with E-state index < -0.39 is 0 Å². The molecule has 0 spiro atoms. The van der Waals surface area contributed by atoms with Crippen LogP contribution in [-0.2, 0) is 4.79 Å². The van der Waals surface area contributed by atoms with E-state index in [4.69, 9.17) is 0 Å². The molecule has 7 nitrogen and oxygen atoms in total. The molecule has 0 bridgehead atoms. The molecular formula is C27H34N6O. The van der Waals surface area contributed by atoms with E-state index >= 15 is 0 Å². The van der Waals surface area contributed by atoms with Gasteiger partial charge in [0.25, 0.3) is 0 Å². The molecule has 0 saturated carbocycles. The number of hydrogen-bond acceptors (Lipinski definition) is 4. The number of aromatic amines is 1. The molecule has 34 heavy (non-hydrogen) atoms. The van der Waals surface area contributed by atoms with Crippen molar-refractivity contribution in [2.45, 2.75) is 45.4 Å². The lowest BCUT2D eigenvalue weighted by molar-refractivity contribution is -0.130. The van der Waals surface area contributed by atoms with E-state index in [1.165, 1.54) is 27.7 Å². The van der Waals surface area contributed by atoms with Gasteiger partial charge in [0.1, 0.15) is 0 Å². The zero-order valence-electron chi connectivity index (χ0n) is 20.8. The van der Waals surface area contributed by atoms with Gasteiger partial charge in [0, 0.05) is 36.8 Å². The zero-order valence-corrected chi connectivity index (χ0v) is 20.8. The van der Waals surface area contributed by atoms with Crippen molar-refractivity contribution in [3.05, 3.63) is 53.3 Å². The Labute approximate surface area is 200 Å². The van der Waals surface area contributed by atoms with Crippen LogP contribution in [0.4, 0.5) is 0 Å². The number of rotatable bonds is 5. The summed E-state index contributed by atoms with van der Waals surface area (Å²) in [5.41, 5.74) is 8.43. The topological polar surface area (TPSA) is 69.5 Å². The highest BCUT2D eigenvalue weighted by Crippen LogP contribution is 2.38. The molecule has 0 radical (unpaired) electrons. The maximum absolute atomic E-state index is 12.1. The van der Waals surface area contributed by atoms with Crippen LogP contribution in [0.2, 0.25) is 0 Å². The minimum absolute atomic E-state index is 0.181. The molecule has 1 fully saturated rings. The Hall–Kier alpha value is -3.19. The quantitative estimate of drug-likeness (QED) is 0.475. The molecule has 7 heteroatoms. The first kappa shape index (κ1) is 22.6. The first-order valence-corrected chi connectivity index (χ1v) is 12.2. The van der Waals surface area contributed by atoms with Crippen molar-refractivity contribution in [3.8, 4) is 11.3 Å². The minimum atomic E-state index is 0.181. The smallest absolute Gasteiger partial charge is 0.236 e. The molecule has 1 saturated heterocycles. The van der Waals surface area contributed by atoms with Gasteiger partial charge in [-0.05, 0) is 79.6 Å². The number of pyridine rings is 1. The molecular weight excluding hydrogens is 424 g/mol. The van der Waals surface area contributed by atoms with E-state index in [2.05, 4.69) is 71.4 Å². The van der Waals surface area contributed by atoms with Crippen LogP contribution in [0.3, 0.4) is 0 Å². The molecule has 1 amide bonds. The lowest BCUT2D eigenvalue weighted by Gasteiger charge is -2.32. The molecule has 0 atom stereocenters. The summed E-state index contributed by atoms with van der Waals surface area (Å²) in [4.78, 5) is 19.7. The highest BCUT2D eigenvalue weighted by molar-refractivity contribution is 5.92. The minimum Gasteiger partial charge on any atom is -0.354 e. The third-order valence-electron chi connectivity index (χ3n) is 7.26. The Kier molecular flexibility index (Phi) is 5.90. The Balaban J connectivity index is 1.45. The van der Waals surface area contributed by atoms with Crippen LogP contribution in [0.25, 0.3) is 27.7 Å². The van der Waals surface area contributed by atoms with Crippen molar-refractivity contribution in [1.29, 1.82) is 0 Å². The van der Waals surface area contributed by atoms with Gasteiger partial charge in [-0.2, -0.15) is 0 Å². The summed E-state index contributed by atoms with van der Waals surface area (Å²) in [7, 11) is 3.65. The standard InChI is InChI=1S/C27H34N6O/c1-17(2)26-22-13-20(19-8-10-32(11-9-19)16-25(34)31(4)5)6-7-23(22)29-27(26)21-12-18(3)24-14-28-30-33(24)15-21/h6-7,12-15,17,19,29H,8-11,16H2,1-5H3. The zero-order chi connectivity index (χ0) is 24.0. The fraction of sp³-hybridized carbons (Fsp3) is 0.444. The largest absolute Gasteiger partial charge is 0.354 e. The van der Waals surface area contributed by atoms with Gasteiger partial charge in [-0.1, -0.05) is 25.1 Å². The number of amides is 1.